The van der Waals surface area contributed by atoms with E-state index in [1.807, 2.05) is 0 Å². The van der Waals surface area contributed by atoms with Crippen LogP contribution in [-0.4, -0.2) is 55.8 Å². The lowest BCUT2D eigenvalue weighted by Crippen LogP contribution is -2.50. The third kappa shape index (κ3) is 4.28. The molecule has 20 heavy (non-hydrogen) atoms. The quantitative estimate of drug-likeness (QED) is 0.698. The fourth-order valence-corrected chi connectivity index (χ4v) is 2.95. The molecule has 0 amide bonds. The van der Waals surface area contributed by atoms with Crippen LogP contribution in [0.4, 0.5) is 17.6 Å². The smallest absolute Gasteiger partial charge is 0.320 e. The minimum Gasteiger partial charge on any atom is -0.481 e. The van der Waals surface area contributed by atoms with Crippen LogP contribution >= 0.6 is 0 Å². The van der Waals surface area contributed by atoms with Gasteiger partial charge in [-0.05, 0) is 12.8 Å². The number of aliphatic carboxylic acids is 1. The molecule has 0 unspecified atom stereocenters. The third-order valence-corrected chi connectivity index (χ3v) is 4.51. The molecular weight excluding hydrogens is 308 g/mol. The van der Waals surface area contributed by atoms with E-state index in [0.717, 1.165) is 4.31 Å². The molecule has 0 aliphatic carbocycles. The van der Waals surface area contributed by atoms with Gasteiger partial charge in [-0.15, -0.1) is 0 Å². The molecule has 6 nitrogen and oxygen atoms in total. The zero-order valence-corrected chi connectivity index (χ0v) is 11.0. The van der Waals surface area contributed by atoms with Gasteiger partial charge in [0.2, 0.25) is 0 Å². The first-order chi connectivity index (χ1) is 9.06. The molecule has 0 bridgehead atoms. The van der Waals surface area contributed by atoms with Gasteiger partial charge in [0.1, 0.15) is 0 Å². The molecule has 0 saturated carbocycles. The lowest BCUT2D eigenvalue weighted by molar-refractivity contribution is -0.142. The summed E-state index contributed by atoms with van der Waals surface area (Å²) in [6.07, 6.45) is -3.88. The second kappa shape index (κ2) is 6.22. The topological polar surface area (TPSA) is 86.7 Å². The highest BCUT2D eigenvalue weighted by Gasteiger charge is 2.42. The number of alkyl halides is 4. The first-order valence-corrected chi connectivity index (χ1v) is 7.14. The number of hydrogen-bond donors (Lipinski definition) is 2. The van der Waals surface area contributed by atoms with Crippen LogP contribution in [0, 0.1) is 5.92 Å². The van der Waals surface area contributed by atoms with E-state index in [9.17, 15) is 30.8 Å². The number of halogens is 4. The summed E-state index contributed by atoms with van der Waals surface area (Å²) >= 11 is 0. The minimum absolute atomic E-state index is 0.0431. The number of carboxylic acids is 1. The maximum atomic E-state index is 12.6. The van der Waals surface area contributed by atoms with Crippen molar-refractivity contribution in [2.45, 2.75) is 25.2 Å². The van der Waals surface area contributed by atoms with Crippen LogP contribution in [-0.2, 0) is 15.0 Å². The van der Waals surface area contributed by atoms with Crippen LogP contribution < -0.4 is 4.72 Å². The second-order valence-corrected chi connectivity index (χ2v) is 6.15. The summed E-state index contributed by atoms with van der Waals surface area (Å²) in [4.78, 5) is 10.7. The van der Waals surface area contributed by atoms with Crippen LogP contribution in [0.25, 0.3) is 0 Å². The van der Waals surface area contributed by atoms with E-state index in [2.05, 4.69) is 0 Å². The molecule has 1 fully saturated rings. The number of nitrogens with one attached hydrogen (secondary N) is 1. The maximum absolute atomic E-state index is 12.6. The molecule has 118 valence electrons. The first-order valence-electron chi connectivity index (χ1n) is 5.70. The fraction of sp³-hybridized carbons (Fsp3) is 0.889. The molecule has 1 rings (SSSR count). The molecule has 0 atom stereocenters. The molecule has 1 aliphatic rings. The summed E-state index contributed by atoms with van der Waals surface area (Å²) in [6, 6.07) is 0. The number of carbonyl (C=O) groups is 1. The molecule has 0 spiro atoms. The lowest BCUT2D eigenvalue weighted by Gasteiger charge is -2.29. The Labute approximate surface area is 112 Å². The molecular formula is C9H14F4N2O4S. The number of carboxylic acid groups (broad SMARTS) is 1. The summed E-state index contributed by atoms with van der Waals surface area (Å²) in [6.45, 7) is -2.02. The van der Waals surface area contributed by atoms with Gasteiger partial charge < -0.3 is 5.11 Å². The van der Waals surface area contributed by atoms with E-state index in [1.54, 1.807) is 0 Å². The molecule has 1 saturated heterocycles. The highest BCUT2D eigenvalue weighted by Crippen LogP contribution is 2.23. The van der Waals surface area contributed by atoms with Crippen molar-refractivity contribution >= 4 is 16.2 Å². The zero-order valence-electron chi connectivity index (χ0n) is 10.2. The Balaban J connectivity index is 2.57. The molecule has 2 N–H and O–H groups in total. The average molecular weight is 322 g/mol. The normalized spacial score (nSPS) is 19.4. The van der Waals surface area contributed by atoms with E-state index in [4.69, 9.17) is 5.11 Å². The summed E-state index contributed by atoms with van der Waals surface area (Å²) in [7, 11) is -4.32. The van der Waals surface area contributed by atoms with Gasteiger partial charge in [0.15, 0.2) is 0 Å². The van der Waals surface area contributed by atoms with E-state index < -0.39 is 41.0 Å². The van der Waals surface area contributed by atoms with Gasteiger partial charge in [0.05, 0.1) is 12.5 Å². The van der Waals surface area contributed by atoms with E-state index in [-0.39, 0.29) is 25.9 Å². The zero-order chi connectivity index (χ0) is 15.6. The summed E-state index contributed by atoms with van der Waals surface area (Å²) in [5.74, 6) is -6.20. The minimum atomic E-state index is -4.45. The van der Waals surface area contributed by atoms with E-state index >= 15 is 0 Å². The van der Waals surface area contributed by atoms with Crippen molar-refractivity contribution in [3.05, 3.63) is 0 Å². The van der Waals surface area contributed by atoms with Crippen LogP contribution in [0.3, 0.4) is 0 Å². The Hall–Kier alpha value is -0.940. The molecule has 0 aromatic heterocycles. The molecule has 11 heteroatoms. The molecule has 0 radical (unpaired) electrons. The van der Waals surface area contributed by atoms with Crippen molar-refractivity contribution in [1.82, 2.24) is 9.03 Å². The summed E-state index contributed by atoms with van der Waals surface area (Å²) < 4.78 is 74.5. The van der Waals surface area contributed by atoms with Crippen molar-refractivity contribution in [2.24, 2.45) is 5.92 Å². The van der Waals surface area contributed by atoms with Gasteiger partial charge >= 0.3 is 18.3 Å². The van der Waals surface area contributed by atoms with Gasteiger partial charge in [-0.3, -0.25) is 4.79 Å². The molecule has 0 aromatic rings. The Morgan fingerprint density at radius 1 is 1.35 bits per heavy atom. The molecule has 0 aromatic carbocycles. The molecule has 1 aliphatic heterocycles. The van der Waals surface area contributed by atoms with Crippen molar-refractivity contribution in [2.75, 3.05) is 19.6 Å². The highest BCUT2D eigenvalue weighted by molar-refractivity contribution is 7.87. The number of rotatable bonds is 6. The van der Waals surface area contributed by atoms with E-state index in [0.29, 0.717) is 0 Å². The Kier molecular flexibility index (Phi) is 5.33. The fourth-order valence-electron chi connectivity index (χ4n) is 1.70. The van der Waals surface area contributed by atoms with Gasteiger partial charge in [0.25, 0.3) is 10.2 Å². The Morgan fingerprint density at radius 3 is 2.25 bits per heavy atom. The van der Waals surface area contributed by atoms with Crippen LogP contribution in [0.5, 0.6) is 0 Å². The van der Waals surface area contributed by atoms with E-state index in [1.165, 1.54) is 4.72 Å². The largest absolute Gasteiger partial charge is 0.481 e. The number of nitrogens with zero attached hydrogens (tertiary/aromatic N) is 1. The lowest BCUT2D eigenvalue weighted by atomic mass is 9.99. The van der Waals surface area contributed by atoms with Crippen LogP contribution in [0.2, 0.25) is 0 Å². The average Bonchev–Trinajstić information content (AvgIpc) is 2.36. The van der Waals surface area contributed by atoms with Crippen molar-refractivity contribution < 1.29 is 35.9 Å². The maximum Gasteiger partial charge on any atom is 0.320 e. The number of piperidine rings is 1. The predicted octanol–water partition coefficient (Wildman–Crippen LogP) is 0.518. The van der Waals surface area contributed by atoms with Crippen LogP contribution in [0.15, 0.2) is 0 Å². The number of hydrogen-bond acceptors (Lipinski definition) is 3. The summed E-state index contributed by atoms with van der Waals surface area (Å²) in [5, 5.41) is 8.73. The SMILES string of the molecule is O=C(O)C1CCN(S(=O)(=O)NCC(F)(F)C(F)F)CC1. The van der Waals surface area contributed by atoms with Crippen molar-refractivity contribution in [1.29, 1.82) is 0 Å². The van der Waals surface area contributed by atoms with Gasteiger partial charge in [-0.2, -0.15) is 26.2 Å². The predicted molar refractivity (Wildman–Crippen MR) is 59.8 cm³/mol. The third-order valence-electron chi connectivity index (χ3n) is 2.95. The summed E-state index contributed by atoms with van der Waals surface area (Å²) in [5.41, 5.74) is 0. The Morgan fingerprint density at radius 2 is 1.85 bits per heavy atom. The van der Waals surface area contributed by atoms with Crippen molar-refractivity contribution in [3.8, 4) is 0 Å². The molecule has 1 heterocycles. The van der Waals surface area contributed by atoms with Gasteiger partial charge in [-0.1, -0.05) is 0 Å². The Bertz CT molecular complexity index is 449. The van der Waals surface area contributed by atoms with Gasteiger partial charge in [0, 0.05) is 13.1 Å². The standard InChI is InChI=1S/C9H14F4N2O4S/c10-8(11)9(12,13)5-14-20(18,19)15-3-1-6(2-4-15)7(16)17/h6,8,14H,1-5H2,(H,16,17). The monoisotopic (exact) mass is 322 g/mol. The first kappa shape index (κ1) is 17.1. The van der Waals surface area contributed by atoms with Crippen LogP contribution in [0.1, 0.15) is 12.8 Å². The van der Waals surface area contributed by atoms with Crippen molar-refractivity contribution in [3.63, 3.8) is 0 Å². The highest BCUT2D eigenvalue weighted by atomic mass is 32.2. The van der Waals surface area contributed by atoms with Gasteiger partial charge in [-0.25, -0.2) is 8.78 Å². The second-order valence-electron chi connectivity index (χ2n) is 4.40.